The van der Waals surface area contributed by atoms with Crippen LogP contribution in [0.5, 0.6) is 17.2 Å². The van der Waals surface area contributed by atoms with Crippen molar-refractivity contribution in [3.8, 4) is 17.2 Å². The highest BCUT2D eigenvalue weighted by Crippen LogP contribution is 2.55. The van der Waals surface area contributed by atoms with Crippen LogP contribution in [0.3, 0.4) is 0 Å². The fourth-order valence-corrected chi connectivity index (χ4v) is 7.61. The second kappa shape index (κ2) is 12.5. The minimum atomic E-state index is -4.78. The number of benzene rings is 2. The van der Waals surface area contributed by atoms with Crippen molar-refractivity contribution in [1.29, 1.82) is 0 Å². The van der Waals surface area contributed by atoms with E-state index in [9.17, 15) is 32.9 Å². The molecule has 0 atom stereocenters. The predicted octanol–water partition coefficient (Wildman–Crippen LogP) is 8.35. The monoisotopic (exact) mass is 768 g/mol. The lowest BCUT2D eigenvalue weighted by molar-refractivity contribution is -0.385. The van der Waals surface area contributed by atoms with Crippen LogP contribution in [-0.4, -0.2) is 48.8 Å². The number of ether oxygens (including phenoxy) is 3. The number of ketones is 2. The molecule has 0 N–H and O–H groups in total. The van der Waals surface area contributed by atoms with Crippen LogP contribution in [-0.2, 0) is 20.5 Å². The summed E-state index contributed by atoms with van der Waals surface area (Å²) >= 11 is 1.96. The molecule has 0 aromatic heterocycles. The molecule has 0 amide bonds. The number of halogens is 4. The molecule has 0 radical (unpaired) electrons. The van der Waals surface area contributed by atoms with Crippen molar-refractivity contribution in [1.82, 2.24) is 4.90 Å². The van der Waals surface area contributed by atoms with Gasteiger partial charge in [-0.3, -0.25) is 19.7 Å². The average Bonchev–Trinajstić information content (AvgIpc) is 2.94. The lowest BCUT2D eigenvalue weighted by atomic mass is 9.63. The molecule has 0 saturated carbocycles. The van der Waals surface area contributed by atoms with Gasteiger partial charge >= 0.3 is 11.9 Å². The molecule has 252 valence electrons. The summed E-state index contributed by atoms with van der Waals surface area (Å²) in [5, 5.41) is 11.7. The molecule has 47 heavy (non-hydrogen) atoms. The summed E-state index contributed by atoms with van der Waals surface area (Å²) in [6.07, 6.45) is -2.94. The molecule has 13 heteroatoms. The van der Waals surface area contributed by atoms with Crippen LogP contribution in [0, 0.1) is 24.5 Å². The number of hydrogen-bond acceptors (Lipinski definition) is 8. The highest BCUT2D eigenvalue weighted by atomic mass is 127. The van der Waals surface area contributed by atoms with Crippen LogP contribution in [0.25, 0.3) is 0 Å². The molecule has 0 fully saturated rings. The van der Waals surface area contributed by atoms with Gasteiger partial charge in [-0.05, 0) is 76.1 Å². The van der Waals surface area contributed by atoms with Gasteiger partial charge in [-0.15, -0.1) is 0 Å². The number of allylic oxidation sites excluding steroid dienone is 4. The quantitative estimate of drug-likeness (QED) is 0.150. The summed E-state index contributed by atoms with van der Waals surface area (Å²) in [6, 6.07) is 5.41. The van der Waals surface area contributed by atoms with Gasteiger partial charge in [0.25, 0.3) is 0 Å². The molecule has 2 aliphatic carbocycles. The van der Waals surface area contributed by atoms with Gasteiger partial charge in [-0.2, -0.15) is 13.2 Å². The molecule has 1 aliphatic heterocycles. The summed E-state index contributed by atoms with van der Waals surface area (Å²) in [5.41, 5.74) is 0.790. The van der Waals surface area contributed by atoms with Crippen LogP contribution < -0.4 is 9.47 Å². The first-order valence-electron chi connectivity index (χ1n) is 15.1. The Morgan fingerprint density at radius 3 is 2.00 bits per heavy atom. The molecule has 0 unspecified atom stereocenters. The smallest absolute Gasteiger partial charge is 0.416 e. The molecule has 3 aliphatic rings. The average molecular weight is 769 g/mol. The molecule has 2 aromatic carbocycles. The number of Topliss-reactive ketones (excluding diaryl/α,β-unsaturated/α-hetero) is 2. The van der Waals surface area contributed by atoms with Crippen molar-refractivity contribution in [2.24, 2.45) is 10.8 Å². The topological polar surface area (TPSA) is 108 Å². The fraction of sp³-hybridized carbons (Fsp3) is 0.471. The number of nitro benzene ring substituents is 1. The van der Waals surface area contributed by atoms with E-state index in [1.807, 2.05) is 22.6 Å². The third kappa shape index (κ3) is 6.78. The maximum absolute atomic E-state index is 14.1. The van der Waals surface area contributed by atoms with Crippen LogP contribution in [0.2, 0.25) is 0 Å². The Morgan fingerprint density at radius 1 is 0.936 bits per heavy atom. The summed E-state index contributed by atoms with van der Waals surface area (Å²) in [6.45, 7) is 9.09. The second-order valence-corrected chi connectivity index (χ2v) is 14.9. The predicted molar refractivity (Wildman–Crippen MR) is 175 cm³/mol. The number of carbonyl (C=O) groups is 2. The number of nitrogens with zero attached hydrogens (tertiary/aromatic N) is 2. The first kappa shape index (κ1) is 34.9. The molecular formula is C34H36F3IN2O7. The highest BCUT2D eigenvalue weighted by molar-refractivity contribution is 14.1. The van der Waals surface area contributed by atoms with Crippen molar-refractivity contribution in [3.05, 3.63) is 77.7 Å². The molecule has 0 bridgehead atoms. The van der Waals surface area contributed by atoms with Crippen molar-refractivity contribution in [3.63, 3.8) is 0 Å². The highest BCUT2D eigenvalue weighted by Gasteiger charge is 2.49. The molecule has 1 heterocycles. The van der Waals surface area contributed by atoms with Crippen LogP contribution in [0.15, 0.2) is 52.9 Å². The Bertz CT molecular complexity index is 1670. The number of rotatable bonds is 8. The molecule has 0 saturated heterocycles. The van der Waals surface area contributed by atoms with Gasteiger partial charge in [0.15, 0.2) is 23.1 Å². The number of hydrogen-bond donors (Lipinski definition) is 0. The third-order valence-electron chi connectivity index (χ3n) is 8.82. The standard InChI is InChI=1S/C34H36F3IN2O7/c1-32(2)14-22-29(24(41)16-32)28(30-23(39(22)9-10-45-5)15-33(3,4)17-25(30)42)18-11-20(38)31(27(12-18)46-6)47-26-8-7-19(34(35,36)37)13-21(26)40(43)44/h7-8,11-13,28H,9-10,14-17H2,1-6H3. The van der Waals surface area contributed by atoms with Crippen molar-refractivity contribution >= 4 is 39.8 Å². The number of nitro groups is 1. The summed E-state index contributed by atoms with van der Waals surface area (Å²) in [4.78, 5) is 41.0. The maximum atomic E-state index is 14.1. The summed E-state index contributed by atoms with van der Waals surface area (Å²) < 4.78 is 57.3. The Labute approximate surface area is 284 Å². The molecule has 2 aromatic rings. The Hall–Kier alpha value is -3.46. The Kier molecular flexibility index (Phi) is 9.29. The van der Waals surface area contributed by atoms with E-state index >= 15 is 0 Å². The second-order valence-electron chi connectivity index (χ2n) is 13.8. The van der Waals surface area contributed by atoms with Gasteiger partial charge < -0.3 is 19.1 Å². The van der Waals surface area contributed by atoms with E-state index in [4.69, 9.17) is 14.2 Å². The molecular weight excluding hydrogens is 732 g/mol. The fourth-order valence-electron chi connectivity index (χ4n) is 6.87. The molecule has 5 rings (SSSR count). The zero-order chi connectivity index (χ0) is 34.6. The van der Waals surface area contributed by atoms with Gasteiger partial charge in [0.1, 0.15) is 0 Å². The van der Waals surface area contributed by atoms with E-state index in [2.05, 4.69) is 32.6 Å². The lowest BCUT2D eigenvalue weighted by Crippen LogP contribution is -2.45. The zero-order valence-electron chi connectivity index (χ0n) is 27.0. The van der Waals surface area contributed by atoms with Crippen LogP contribution in [0.4, 0.5) is 18.9 Å². The van der Waals surface area contributed by atoms with Crippen LogP contribution >= 0.6 is 22.6 Å². The summed E-state index contributed by atoms with van der Waals surface area (Å²) in [5.74, 6) is -1.01. The lowest BCUT2D eigenvalue weighted by Gasteiger charge is -2.49. The maximum Gasteiger partial charge on any atom is 0.416 e. The first-order chi connectivity index (χ1) is 21.9. The normalized spacial score (nSPS) is 19.5. The number of carbonyl (C=O) groups excluding carboxylic acids is 2. The van der Waals surface area contributed by atoms with E-state index in [0.717, 1.165) is 17.5 Å². The Morgan fingerprint density at radius 2 is 1.51 bits per heavy atom. The Balaban J connectivity index is 1.69. The van der Waals surface area contributed by atoms with E-state index in [0.29, 0.717) is 71.2 Å². The number of methoxy groups -OCH3 is 2. The third-order valence-corrected chi connectivity index (χ3v) is 9.62. The number of alkyl halides is 3. The first-order valence-corrected chi connectivity index (χ1v) is 16.1. The van der Waals surface area contributed by atoms with Crippen molar-refractivity contribution in [2.45, 2.75) is 65.5 Å². The van der Waals surface area contributed by atoms with E-state index in [-0.39, 0.29) is 33.9 Å². The van der Waals surface area contributed by atoms with Gasteiger partial charge in [0.2, 0.25) is 5.75 Å². The van der Waals surface area contributed by atoms with Crippen molar-refractivity contribution < 1.29 is 41.9 Å². The van der Waals surface area contributed by atoms with Gasteiger partial charge in [0.05, 0.1) is 27.8 Å². The van der Waals surface area contributed by atoms with Crippen molar-refractivity contribution in [2.75, 3.05) is 27.4 Å². The molecule has 0 spiro atoms. The minimum absolute atomic E-state index is 0.0489. The zero-order valence-corrected chi connectivity index (χ0v) is 29.1. The van der Waals surface area contributed by atoms with E-state index in [1.54, 1.807) is 19.2 Å². The van der Waals surface area contributed by atoms with Crippen LogP contribution in [0.1, 0.15) is 70.4 Å². The summed E-state index contributed by atoms with van der Waals surface area (Å²) in [7, 11) is 2.98. The minimum Gasteiger partial charge on any atom is -0.493 e. The van der Waals surface area contributed by atoms with Gasteiger partial charge in [-0.1, -0.05) is 27.7 Å². The van der Waals surface area contributed by atoms with E-state index in [1.165, 1.54) is 7.11 Å². The van der Waals surface area contributed by atoms with E-state index < -0.39 is 34.0 Å². The molecule has 9 nitrogen and oxygen atoms in total. The van der Waals surface area contributed by atoms with Gasteiger partial charge in [0, 0.05) is 61.0 Å². The largest absolute Gasteiger partial charge is 0.493 e. The SMILES string of the molecule is COCCN1C2=C(C(=O)CC(C)(C)C2)C(c2cc(I)c(Oc3ccc(C(F)(F)F)cc3[N+](=O)[O-])c(OC)c2)C2=C1CC(C)(C)CC2=O. The van der Waals surface area contributed by atoms with Gasteiger partial charge in [-0.25, -0.2) is 0 Å².